The molecule has 4 nitrogen and oxygen atoms in total. The maximum atomic E-state index is 12.2. The Morgan fingerprint density at radius 1 is 1.40 bits per heavy atom. The van der Waals surface area contributed by atoms with Crippen molar-refractivity contribution in [3.8, 4) is 0 Å². The van der Waals surface area contributed by atoms with E-state index in [-0.39, 0.29) is 30.6 Å². The van der Waals surface area contributed by atoms with Crippen molar-refractivity contribution in [3.05, 3.63) is 34.3 Å². The Morgan fingerprint density at radius 3 is 2.65 bits per heavy atom. The van der Waals surface area contributed by atoms with Crippen molar-refractivity contribution >= 4 is 27.6 Å². The maximum Gasteiger partial charge on any atom is 0.225 e. The zero-order valence-electron chi connectivity index (χ0n) is 11.8. The highest BCUT2D eigenvalue weighted by molar-refractivity contribution is 9.10. The molecule has 0 fully saturated rings. The number of nitrogens with zero attached hydrogens (tertiary/aromatic N) is 1. The average Bonchev–Trinajstić information content (AvgIpc) is 2.43. The van der Waals surface area contributed by atoms with Crippen LogP contribution in [0.3, 0.4) is 0 Å². The molecule has 0 bridgehead atoms. The number of halogens is 1. The number of hydrogen-bond donors (Lipinski definition) is 1. The second-order valence-corrected chi connectivity index (χ2v) is 5.60. The quantitative estimate of drug-likeness (QED) is 0.775. The van der Waals surface area contributed by atoms with Crippen LogP contribution >= 0.6 is 15.9 Å². The van der Waals surface area contributed by atoms with Crippen molar-refractivity contribution < 1.29 is 14.7 Å². The fourth-order valence-electron chi connectivity index (χ4n) is 2.00. The van der Waals surface area contributed by atoms with Gasteiger partial charge in [-0.25, -0.2) is 0 Å². The van der Waals surface area contributed by atoms with Crippen molar-refractivity contribution in [1.82, 2.24) is 4.90 Å². The first kappa shape index (κ1) is 16.9. The topological polar surface area (TPSA) is 57.6 Å². The van der Waals surface area contributed by atoms with E-state index in [1.807, 2.05) is 13.0 Å². The van der Waals surface area contributed by atoms with E-state index in [1.54, 1.807) is 30.0 Å². The Balaban J connectivity index is 2.67. The van der Waals surface area contributed by atoms with Crippen LogP contribution in [-0.2, 0) is 4.79 Å². The van der Waals surface area contributed by atoms with Gasteiger partial charge >= 0.3 is 0 Å². The molecule has 20 heavy (non-hydrogen) atoms. The van der Waals surface area contributed by atoms with Gasteiger partial charge in [-0.3, -0.25) is 9.59 Å². The van der Waals surface area contributed by atoms with E-state index in [2.05, 4.69) is 15.9 Å². The van der Waals surface area contributed by atoms with E-state index < -0.39 is 0 Å². The lowest BCUT2D eigenvalue weighted by atomic mass is 9.98. The van der Waals surface area contributed by atoms with Gasteiger partial charge in [0.05, 0.1) is 6.61 Å². The fraction of sp³-hybridized carbons (Fsp3) is 0.467. The summed E-state index contributed by atoms with van der Waals surface area (Å²) in [6.07, 6.45) is 0.178. The van der Waals surface area contributed by atoms with Crippen LogP contribution in [-0.4, -0.2) is 41.4 Å². The highest BCUT2D eigenvalue weighted by atomic mass is 79.9. The molecule has 1 rings (SSSR count). The third-order valence-corrected chi connectivity index (χ3v) is 3.62. The van der Waals surface area contributed by atoms with Crippen molar-refractivity contribution in [1.29, 1.82) is 0 Å². The fourth-order valence-corrected chi connectivity index (χ4v) is 2.40. The minimum Gasteiger partial charge on any atom is -0.395 e. The van der Waals surface area contributed by atoms with Gasteiger partial charge < -0.3 is 10.0 Å². The zero-order valence-corrected chi connectivity index (χ0v) is 13.4. The molecule has 0 spiro atoms. The van der Waals surface area contributed by atoms with Crippen LogP contribution in [0.15, 0.2) is 28.7 Å². The lowest BCUT2D eigenvalue weighted by Gasteiger charge is -2.23. The minimum absolute atomic E-state index is 0.0489. The number of ketones is 1. The molecule has 0 aromatic heterocycles. The molecule has 1 aromatic rings. The van der Waals surface area contributed by atoms with Gasteiger partial charge in [0.1, 0.15) is 0 Å². The highest BCUT2D eigenvalue weighted by Crippen LogP contribution is 2.16. The van der Waals surface area contributed by atoms with Crippen LogP contribution < -0.4 is 0 Å². The molecule has 110 valence electrons. The lowest BCUT2D eigenvalue weighted by Crippen LogP contribution is -2.37. The number of carbonyl (C=O) groups is 2. The van der Waals surface area contributed by atoms with Gasteiger partial charge in [-0.1, -0.05) is 35.0 Å². The first-order valence-electron chi connectivity index (χ1n) is 6.68. The summed E-state index contributed by atoms with van der Waals surface area (Å²) in [4.78, 5) is 25.9. The number of hydrogen-bond acceptors (Lipinski definition) is 3. The Labute approximate surface area is 127 Å². The summed E-state index contributed by atoms with van der Waals surface area (Å²) >= 11 is 3.33. The van der Waals surface area contributed by atoms with Gasteiger partial charge in [-0.05, 0) is 19.1 Å². The predicted molar refractivity (Wildman–Crippen MR) is 81.6 cm³/mol. The number of aliphatic hydroxyl groups excluding tert-OH is 1. The molecule has 1 amide bonds. The molecular formula is C15H20BrNO3. The number of benzene rings is 1. The van der Waals surface area contributed by atoms with Gasteiger partial charge in [0.15, 0.2) is 5.78 Å². The largest absolute Gasteiger partial charge is 0.395 e. The summed E-state index contributed by atoms with van der Waals surface area (Å²) in [6.45, 7) is 4.39. The van der Waals surface area contributed by atoms with E-state index in [0.717, 1.165) is 4.47 Å². The van der Waals surface area contributed by atoms with E-state index in [4.69, 9.17) is 5.11 Å². The molecule has 1 aromatic carbocycles. The van der Waals surface area contributed by atoms with E-state index >= 15 is 0 Å². The summed E-state index contributed by atoms with van der Waals surface area (Å²) in [7, 11) is 0. The zero-order chi connectivity index (χ0) is 15.1. The monoisotopic (exact) mass is 341 g/mol. The van der Waals surface area contributed by atoms with Crippen molar-refractivity contribution in [3.63, 3.8) is 0 Å². The lowest BCUT2D eigenvalue weighted by molar-refractivity contribution is -0.135. The van der Waals surface area contributed by atoms with Crippen LogP contribution in [0.2, 0.25) is 0 Å². The maximum absolute atomic E-state index is 12.2. The average molecular weight is 342 g/mol. The number of Topliss-reactive ketones (excluding diaryl/α,β-unsaturated/α-hetero) is 1. The van der Waals surface area contributed by atoms with E-state index in [0.29, 0.717) is 18.7 Å². The number of likely N-dealkylation sites (N-methyl/N-ethyl adjacent to an activating group) is 1. The molecule has 1 N–H and O–H groups in total. The summed E-state index contributed by atoms with van der Waals surface area (Å²) in [5, 5.41) is 8.92. The van der Waals surface area contributed by atoms with Gasteiger partial charge in [0.25, 0.3) is 0 Å². The first-order valence-corrected chi connectivity index (χ1v) is 7.47. The molecule has 0 radical (unpaired) electrons. The van der Waals surface area contributed by atoms with Crippen LogP contribution in [0.4, 0.5) is 0 Å². The van der Waals surface area contributed by atoms with Crippen LogP contribution in [0, 0.1) is 5.92 Å². The molecule has 0 aliphatic rings. The molecule has 1 unspecified atom stereocenters. The van der Waals surface area contributed by atoms with Gasteiger partial charge in [0.2, 0.25) is 5.91 Å². The Bertz CT molecular complexity index is 476. The summed E-state index contributed by atoms with van der Waals surface area (Å²) in [6, 6.07) is 7.15. The van der Waals surface area contributed by atoms with Crippen molar-refractivity contribution in [2.45, 2.75) is 20.3 Å². The SMILES string of the molecule is CCN(CCO)C(=O)C(C)CC(=O)c1cccc(Br)c1. The number of carbonyl (C=O) groups excluding carboxylic acids is 2. The van der Waals surface area contributed by atoms with Crippen LogP contribution in [0.25, 0.3) is 0 Å². The van der Waals surface area contributed by atoms with Crippen molar-refractivity contribution in [2.75, 3.05) is 19.7 Å². The number of amides is 1. The van der Waals surface area contributed by atoms with Gasteiger partial charge in [-0.15, -0.1) is 0 Å². The molecular weight excluding hydrogens is 322 g/mol. The van der Waals surface area contributed by atoms with Gasteiger partial charge in [-0.2, -0.15) is 0 Å². The Hall–Kier alpha value is -1.20. The molecule has 0 saturated carbocycles. The molecule has 0 heterocycles. The molecule has 0 aliphatic heterocycles. The molecule has 0 aliphatic carbocycles. The van der Waals surface area contributed by atoms with Crippen LogP contribution in [0.1, 0.15) is 30.6 Å². The predicted octanol–water partition coefficient (Wildman–Crippen LogP) is 2.50. The second kappa shape index (κ2) is 8.17. The Kier molecular flexibility index (Phi) is 6.88. The minimum atomic E-state index is -0.381. The molecule has 1 atom stereocenters. The summed E-state index contributed by atoms with van der Waals surface area (Å²) in [5.74, 6) is -0.523. The normalized spacial score (nSPS) is 12.0. The highest BCUT2D eigenvalue weighted by Gasteiger charge is 2.22. The number of rotatable bonds is 7. The standard InChI is InChI=1S/C15H20BrNO3/c1-3-17(7-8-18)15(20)11(2)9-14(19)12-5-4-6-13(16)10-12/h4-6,10-11,18H,3,7-9H2,1-2H3. The van der Waals surface area contributed by atoms with E-state index in [9.17, 15) is 9.59 Å². The van der Waals surface area contributed by atoms with Gasteiger partial charge in [0, 0.05) is 35.5 Å². The third kappa shape index (κ3) is 4.72. The Morgan fingerprint density at radius 2 is 2.10 bits per heavy atom. The third-order valence-electron chi connectivity index (χ3n) is 3.12. The summed E-state index contributed by atoms with van der Waals surface area (Å²) in [5.41, 5.74) is 0.601. The van der Waals surface area contributed by atoms with Crippen LogP contribution in [0.5, 0.6) is 0 Å². The second-order valence-electron chi connectivity index (χ2n) is 4.68. The molecule has 5 heteroatoms. The smallest absolute Gasteiger partial charge is 0.225 e. The summed E-state index contributed by atoms with van der Waals surface area (Å²) < 4.78 is 0.845. The molecule has 0 saturated heterocycles. The first-order chi connectivity index (χ1) is 9.49. The number of aliphatic hydroxyl groups is 1. The van der Waals surface area contributed by atoms with Crippen molar-refractivity contribution in [2.24, 2.45) is 5.92 Å². The van der Waals surface area contributed by atoms with E-state index in [1.165, 1.54) is 0 Å².